The summed E-state index contributed by atoms with van der Waals surface area (Å²) in [6, 6.07) is 6.24. The van der Waals surface area contributed by atoms with Gasteiger partial charge in [-0.25, -0.2) is 17.2 Å². The zero-order chi connectivity index (χ0) is 20.4. The second kappa shape index (κ2) is 8.17. The van der Waals surface area contributed by atoms with E-state index in [2.05, 4.69) is 15.1 Å². The fourth-order valence-corrected chi connectivity index (χ4v) is 4.90. The van der Waals surface area contributed by atoms with Crippen LogP contribution in [0.5, 0.6) is 0 Å². The Hall–Kier alpha value is -2.37. The number of aromatic nitrogens is 2. The van der Waals surface area contributed by atoms with Crippen molar-refractivity contribution < 1.29 is 21.9 Å². The summed E-state index contributed by atoms with van der Waals surface area (Å²) < 4.78 is 58.9. The van der Waals surface area contributed by atoms with E-state index in [1.54, 1.807) is 0 Å². The summed E-state index contributed by atoms with van der Waals surface area (Å²) in [5, 5.41) is 8.55. The van der Waals surface area contributed by atoms with Crippen molar-refractivity contribution in [2.45, 2.75) is 4.90 Å². The van der Waals surface area contributed by atoms with Gasteiger partial charge in [-0.05, 0) is 24.3 Å². The van der Waals surface area contributed by atoms with Crippen molar-refractivity contribution in [3.63, 3.8) is 0 Å². The van der Waals surface area contributed by atoms with Crippen molar-refractivity contribution in [1.29, 1.82) is 0 Å². The average molecular weight is 425 g/mol. The van der Waals surface area contributed by atoms with Gasteiger partial charge in [-0.3, -0.25) is 0 Å². The molecule has 1 aromatic heterocycles. The summed E-state index contributed by atoms with van der Waals surface area (Å²) in [5.41, 5.74) is 0. The maximum atomic E-state index is 13.9. The molecule has 0 N–H and O–H groups in total. The molecule has 1 aromatic carbocycles. The number of ether oxygens (including phenoxy) is 1. The summed E-state index contributed by atoms with van der Waals surface area (Å²) in [5.74, 6) is -0.459. The second-order valence-corrected chi connectivity index (χ2v) is 8.72. The predicted octanol–water partition coefficient (Wildman–Crippen LogP) is 1.10. The molecule has 2 aromatic rings. The predicted molar refractivity (Wildman–Crippen MR) is 102 cm³/mol. The van der Waals surface area contributed by atoms with Gasteiger partial charge in [0, 0.05) is 45.3 Å². The molecule has 8 nitrogen and oxygen atoms in total. The van der Waals surface area contributed by atoms with E-state index in [0.717, 1.165) is 31.0 Å². The van der Waals surface area contributed by atoms with Gasteiger partial charge in [0.2, 0.25) is 10.0 Å². The highest BCUT2D eigenvalue weighted by atomic mass is 32.2. The normalized spacial score (nSPS) is 18.8. The fourth-order valence-electron chi connectivity index (χ4n) is 3.43. The average Bonchev–Trinajstić information content (AvgIpc) is 2.74. The van der Waals surface area contributed by atoms with Crippen molar-refractivity contribution in [3.8, 4) is 0 Å². The molecule has 0 bridgehead atoms. The van der Waals surface area contributed by atoms with Crippen LogP contribution in [-0.2, 0) is 14.8 Å². The first-order chi connectivity index (χ1) is 13.9. The van der Waals surface area contributed by atoms with Crippen molar-refractivity contribution in [1.82, 2.24) is 14.5 Å². The van der Waals surface area contributed by atoms with Crippen LogP contribution in [0.15, 0.2) is 35.2 Å². The molecule has 0 radical (unpaired) electrons. The number of halogens is 2. The summed E-state index contributed by atoms with van der Waals surface area (Å²) in [6.07, 6.45) is 0. The number of morpholine rings is 1. The Morgan fingerprint density at radius 3 is 1.97 bits per heavy atom. The van der Waals surface area contributed by atoms with Crippen molar-refractivity contribution in [3.05, 3.63) is 42.0 Å². The molecule has 0 spiro atoms. The number of anilines is 2. The highest BCUT2D eigenvalue weighted by Gasteiger charge is 2.31. The smallest absolute Gasteiger partial charge is 0.246 e. The van der Waals surface area contributed by atoms with Gasteiger partial charge in [0.1, 0.15) is 16.5 Å². The Kier molecular flexibility index (Phi) is 5.61. The van der Waals surface area contributed by atoms with Crippen LogP contribution >= 0.6 is 0 Å². The minimum atomic E-state index is -4.03. The molecule has 29 heavy (non-hydrogen) atoms. The second-order valence-electron chi connectivity index (χ2n) is 6.82. The third kappa shape index (κ3) is 4.16. The first kappa shape index (κ1) is 19.9. The van der Waals surface area contributed by atoms with E-state index < -0.39 is 26.6 Å². The number of sulfonamides is 1. The monoisotopic (exact) mass is 425 g/mol. The summed E-state index contributed by atoms with van der Waals surface area (Å²) in [6.45, 7) is 4.00. The van der Waals surface area contributed by atoms with E-state index in [1.165, 1.54) is 4.31 Å². The topological polar surface area (TPSA) is 78.9 Å². The lowest BCUT2D eigenvalue weighted by Crippen LogP contribution is -2.49. The molecule has 2 aliphatic rings. The molecule has 11 heteroatoms. The largest absolute Gasteiger partial charge is 0.378 e. The first-order valence-corrected chi connectivity index (χ1v) is 10.8. The number of nitrogens with zero attached hydrogens (tertiary/aromatic N) is 5. The number of rotatable bonds is 4. The van der Waals surface area contributed by atoms with E-state index >= 15 is 0 Å². The van der Waals surface area contributed by atoms with E-state index in [-0.39, 0.29) is 13.1 Å². The third-order valence-electron chi connectivity index (χ3n) is 5.05. The van der Waals surface area contributed by atoms with Crippen LogP contribution in [0, 0.1) is 11.6 Å². The zero-order valence-corrected chi connectivity index (χ0v) is 16.5. The molecule has 0 amide bonds. The minimum Gasteiger partial charge on any atom is -0.378 e. The number of benzene rings is 1. The SMILES string of the molecule is O=S(=O)(c1ccc(F)cc1F)N1CCN(c2ccc(N3CCOCC3)nn2)CC1. The standard InChI is InChI=1S/C18H21F2N5O3S/c19-14-1-2-16(15(20)13-14)29(26,27)25-7-5-23(6-8-25)17-3-4-18(22-21-17)24-9-11-28-12-10-24/h1-4,13H,5-12H2. The summed E-state index contributed by atoms with van der Waals surface area (Å²) in [7, 11) is -4.03. The third-order valence-corrected chi connectivity index (χ3v) is 6.98. The molecular formula is C18H21F2N5O3S. The van der Waals surface area contributed by atoms with Crippen LogP contribution in [0.1, 0.15) is 0 Å². The molecule has 4 rings (SSSR count). The van der Waals surface area contributed by atoms with Crippen LogP contribution in [-0.4, -0.2) is 75.4 Å². The van der Waals surface area contributed by atoms with Gasteiger partial charge in [-0.15, -0.1) is 10.2 Å². The maximum Gasteiger partial charge on any atom is 0.246 e. The maximum absolute atomic E-state index is 13.9. The first-order valence-electron chi connectivity index (χ1n) is 9.32. The molecule has 156 valence electrons. The molecule has 2 saturated heterocycles. The van der Waals surface area contributed by atoms with Gasteiger partial charge in [0.05, 0.1) is 13.2 Å². The number of hydrogen-bond donors (Lipinski definition) is 0. The highest BCUT2D eigenvalue weighted by molar-refractivity contribution is 7.89. The highest BCUT2D eigenvalue weighted by Crippen LogP contribution is 2.23. The van der Waals surface area contributed by atoms with Gasteiger partial charge in [-0.1, -0.05) is 0 Å². The molecule has 3 heterocycles. The summed E-state index contributed by atoms with van der Waals surface area (Å²) >= 11 is 0. The van der Waals surface area contributed by atoms with Crippen LogP contribution in [0.25, 0.3) is 0 Å². The fraction of sp³-hybridized carbons (Fsp3) is 0.444. The molecule has 0 aliphatic carbocycles. The molecular weight excluding hydrogens is 404 g/mol. The van der Waals surface area contributed by atoms with Crippen LogP contribution in [0.3, 0.4) is 0 Å². The van der Waals surface area contributed by atoms with Crippen LogP contribution in [0.2, 0.25) is 0 Å². The van der Waals surface area contributed by atoms with Gasteiger partial charge >= 0.3 is 0 Å². The summed E-state index contributed by atoms with van der Waals surface area (Å²) in [4.78, 5) is 3.52. The van der Waals surface area contributed by atoms with Crippen molar-refractivity contribution in [2.75, 3.05) is 62.3 Å². The van der Waals surface area contributed by atoms with E-state index in [9.17, 15) is 17.2 Å². The Morgan fingerprint density at radius 2 is 1.41 bits per heavy atom. The zero-order valence-electron chi connectivity index (χ0n) is 15.7. The van der Waals surface area contributed by atoms with Gasteiger partial charge in [0.25, 0.3) is 0 Å². The van der Waals surface area contributed by atoms with E-state index in [1.807, 2.05) is 17.0 Å². The van der Waals surface area contributed by atoms with Crippen molar-refractivity contribution >= 4 is 21.7 Å². The van der Waals surface area contributed by atoms with Gasteiger partial charge < -0.3 is 14.5 Å². The molecule has 0 saturated carbocycles. The Morgan fingerprint density at radius 1 is 0.828 bits per heavy atom. The number of piperazine rings is 1. The molecule has 0 unspecified atom stereocenters. The minimum absolute atomic E-state index is 0.173. The Bertz CT molecular complexity index is 960. The van der Waals surface area contributed by atoms with Crippen LogP contribution < -0.4 is 9.80 Å². The van der Waals surface area contributed by atoms with Crippen molar-refractivity contribution in [2.24, 2.45) is 0 Å². The Balaban J connectivity index is 1.41. The van der Waals surface area contributed by atoms with Crippen LogP contribution in [0.4, 0.5) is 20.4 Å². The lowest BCUT2D eigenvalue weighted by Gasteiger charge is -2.34. The lowest BCUT2D eigenvalue weighted by atomic mass is 10.3. The molecule has 0 atom stereocenters. The molecule has 2 fully saturated rings. The van der Waals surface area contributed by atoms with Gasteiger partial charge in [-0.2, -0.15) is 4.31 Å². The lowest BCUT2D eigenvalue weighted by molar-refractivity contribution is 0.122. The van der Waals surface area contributed by atoms with E-state index in [0.29, 0.717) is 38.2 Å². The quantitative estimate of drug-likeness (QED) is 0.726. The molecule has 2 aliphatic heterocycles. The number of hydrogen-bond acceptors (Lipinski definition) is 7. The van der Waals surface area contributed by atoms with E-state index in [4.69, 9.17) is 4.74 Å². The van der Waals surface area contributed by atoms with Gasteiger partial charge in [0.15, 0.2) is 11.6 Å². The Labute approximate surface area is 167 Å².